The van der Waals surface area contributed by atoms with E-state index in [-0.39, 0.29) is 0 Å². The van der Waals surface area contributed by atoms with E-state index < -0.39 is 5.60 Å². The van der Waals surface area contributed by atoms with Crippen LogP contribution in [0.1, 0.15) is 36.8 Å². The fraction of sp³-hybridized carbons (Fsp3) is 0.455. The molecule has 4 nitrogen and oxygen atoms in total. The van der Waals surface area contributed by atoms with Gasteiger partial charge in [-0.05, 0) is 43.4 Å². The van der Waals surface area contributed by atoms with Crippen molar-refractivity contribution in [3.05, 3.63) is 59.7 Å². The van der Waals surface area contributed by atoms with E-state index in [2.05, 4.69) is 17.0 Å². The van der Waals surface area contributed by atoms with Crippen LogP contribution < -0.4 is 9.47 Å². The molecule has 0 aliphatic carbocycles. The molecule has 2 aromatic carbocycles. The number of hydrogen-bond donors (Lipinski definition) is 1. The molecule has 2 unspecified atom stereocenters. The zero-order valence-corrected chi connectivity index (χ0v) is 15.5. The third kappa shape index (κ3) is 2.97. The number of methoxy groups -OCH3 is 2. The molecule has 2 aliphatic rings. The molecule has 0 saturated carbocycles. The lowest BCUT2D eigenvalue weighted by Crippen LogP contribution is -2.49. The summed E-state index contributed by atoms with van der Waals surface area (Å²) in [6, 6.07) is 16.8. The van der Waals surface area contributed by atoms with Gasteiger partial charge in [-0.2, -0.15) is 0 Å². The first kappa shape index (κ1) is 17.4. The van der Waals surface area contributed by atoms with Crippen LogP contribution in [0.15, 0.2) is 48.5 Å². The Kier molecular flexibility index (Phi) is 4.63. The Hall–Kier alpha value is -2.04. The quantitative estimate of drug-likeness (QED) is 0.890. The van der Waals surface area contributed by atoms with Crippen LogP contribution in [0.3, 0.4) is 0 Å². The fourth-order valence-corrected chi connectivity index (χ4v) is 4.82. The van der Waals surface area contributed by atoms with Crippen LogP contribution in [0.4, 0.5) is 0 Å². The number of piperidine rings is 1. The van der Waals surface area contributed by atoms with Crippen LogP contribution in [0.5, 0.6) is 11.5 Å². The molecule has 2 saturated heterocycles. The van der Waals surface area contributed by atoms with Gasteiger partial charge in [-0.15, -0.1) is 0 Å². The minimum atomic E-state index is -0.714. The Bertz CT molecular complexity index is 725. The summed E-state index contributed by atoms with van der Waals surface area (Å²) >= 11 is 0. The molecule has 4 rings (SSSR count). The molecule has 2 heterocycles. The maximum Gasteiger partial charge on any atom is 0.127 e. The fourth-order valence-electron chi connectivity index (χ4n) is 4.82. The molecule has 26 heavy (non-hydrogen) atoms. The van der Waals surface area contributed by atoms with Crippen molar-refractivity contribution < 1.29 is 14.6 Å². The highest BCUT2D eigenvalue weighted by molar-refractivity contribution is 5.45. The van der Waals surface area contributed by atoms with Crippen molar-refractivity contribution >= 4 is 0 Å². The summed E-state index contributed by atoms with van der Waals surface area (Å²) < 4.78 is 11.1. The van der Waals surface area contributed by atoms with Crippen LogP contribution >= 0.6 is 0 Å². The highest BCUT2D eigenvalue weighted by Crippen LogP contribution is 2.47. The van der Waals surface area contributed by atoms with Gasteiger partial charge >= 0.3 is 0 Å². The van der Waals surface area contributed by atoms with E-state index in [1.165, 1.54) is 0 Å². The topological polar surface area (TPSA) is 41.9 Å². The first-order valence-electron chi connectivity index (χ1n) is 9.38. The smallest absolute Gasteiger partial charge is 0.127 e. The van der Waals surface area contributed by atoms with E-state index in [0.29, 0.717) is 12.1 Å². The maximum atomic E-state index is 11.3. The second-order valence-electron chi connectivity index (χ2n) is 7.50. The lowest BCUT2D eigenvalue weighted by atomic mass is 9.80. The molecule has 0 aromatic heterocycles. The standard InChI is InChI=1S/C22H27NO3/c1-25-20-9-6-10-21(26-2)19(20)15-23-17-11-12-18(23)14-22(24,13-17)16-7-4-3-5-8-16/h3-10,17-18,24H,11-15H2,1-2H3. The van der Waals surface area contributed by atoms with Crippen molar-refractivity contribution in [1.29, 1.82) is 0 Å². The van der Waals surface area contributed by atoms with Crippen LogP contribution in [-0.2, 0) is 12.1 Å². The molecule has 0 amide bonds. The largest absolute Gasteiger partial charge is 0.496 e. The second-order valence-corrected chi connectivity index (χ2v) is 7.50. The van der Waals surface area contributed by atoms with E-state index >= 15 is 0 Å². The summed E-state index contributed by atoms with van der Waals surface area (Å²) in [4.78, 5) is 2.54. The van der Waals surface area contributed by atoms with Crippen molar-refractivity contribution in [1.82, 2.24) is 4.90 Å². The first-order chi connectivity index (χ1) is 12.6. The number of hydrogen-bond acceptors (Lipinski definition) is 4. The lowest BCUT2D eigenvalue weighted by molar-refractivity contribution is -0.0597. The summed E-state index contributed by atoms with van der Waals surface area (Å²) in [5, 5.41) is 11.3. The van der Waals surface area contributed by atoms with E-state index in [9.17, 15) is 5.11 Å². The van der Waals surface area contributed by atoms with Crippen molar-refractivity contribution in [2.24, 2.45) is 0 Å². The van der Waals surface area contributed by atoms with Gasteiger partial charge in [0.1, 0.15) is 11.5 Å². The second kappa shape index (κ2) is 6.93. The summed E-state index contributed by atoms with van der Waals surface area (Å²) in [6.45, 7) is 0.799. The van der Waals surface area contributed by atoms with Gasteiger partial charge in [0, 0.05) is 18.6 Å². The van der Waals surface area contributed by atoms with E-state index in [4.69, 9.17) is 9.47 Å². The normalized spacial score (nSPS) is 28.1. The molecule has 4 heteroatoms. The zero-order chi connectivity index (χ0) is 18.1. The molecule has 2 aromatic rings. The van der Waals surface area contributed by atoms with Crippen LogP contribution in [0, 0.1) is 0 Å². The third-order valence-electron chi connectivity index (χ3n) is 6.10. The van der Waals surface area contributed by atoms with E-state index in [1.807, 2.05) is 36.4 Å². The number of fused-ring (bicyclic) bond motifs is 2. The highest BCUT2D eigenvalue weighted by atomic mass is 16.5. The minimum Gasteiger partial charge on any atom is -0.496 e. The highest BCUT2D eigenvalue weighted by Gasteiger charge is 2.48. The number of rotatable bonds is 5. The predicted octanol–water partition coefficient (Wildman–Crippen LogP) is 3.72. The zero-order valence-electron chi connectivity index (χ0n) is 15.5. The Morgan fingerprint density at radius 2 is 1.50 bits per heavy atom. The van der Waals surface area contributed by atoms with Gasteiger partial charge in [-0.1, -0.05) is 36.4 Å². The van der Waals surface area contributed by atoms with Gasteiger partial charge in [-0.25, -0.2) is 0 Å². The molecule has 0 radical (unpaired) electrons. The molecule has 0 spiro atoms. The summed E-state index contributed by atoms with van der Waals surface area (Å²) in [5.41, 5.74) is 1.43. The van der Waals surface area contributed by atoms with E-state index in [0.717, 1.165) is 54.9 Å². The molecular weight excluding hydrogens is 326 g/mol. The molecule has 2 fully saturated rings. The summed E-state index contributed by atoms with van der Waals surface area (Å²) in [6.07, 6.45) is 3.84. The predicted molar refractivity (Wildman–Crippen MR) is 101 cm³/mol. The number of nitrogens with zero attached hydrogens (tertiary/aromatic N) is 1. The van der Waals surface area contributed by atoms with Crippen LogP contribution in [0.25, 0.3) is 0 Å². The average Bonchev–Trinajstić information content (AvgIpc) is 2.92. The van der Waals surface area contributed by atoms with Gasteiger partial charge in [0.05, 0.1) is 25.4 Å². The van der Waals surface area contributed by atoms with E-state index in [1.54, 1.807) is 14.2 Å². The molecule has 138 valence electrons. The minimum absolute atomic E-state index is 0.383. The Morgan fingerprint density at radius 1 is 0.923 bits per heavy atom. The van der Waals surface area contributed by atoms with Gasteiger partial charge < -0.3 is 14.6 Å². The third-order valence-corrected chi connectivity index (χ3v) is 6.10. The first-order valence-corrected chi connectivity index (χ1v) is 9.38. The van der Waals surface area contributed by atoms with Gasteiger partial charge in [0.2, 0.25) is 0 Å². The molecular formula is C22H27NO3. The van der Waals surface area contributed by atoms with Crippen molar-refractivity contribution in [2.75, 3.05) is 14.2 Å². The van der Waals surface area contributed by atoms with Gasteiger partial charge in [0.15, 0.2) is 0 Å². The van der Waals surface area contributed by atoms with Crippen LogP contribution in [0.2, 0.25) is 0 Å². The monoisotopic (exact) mass is 353 g/mol. The van der Waals surface area contributed by atoms with Crippen molar-refractivity contribution in [2.45, 2.75) is 49.9 Å². The SMILES string of the molecule is COc1cccc(OC)c1CN1C2CCC1CC(O)(c1ccccc1)C2. The molecule has 2 atom stereocenters. The lowest BCUT2D eigenvalue weighted by Gasteiger charge is -2.44. The molecule has 2 aliphatic heterocycles. The Balaban J connectivity index is 1.59. The van der Waals surface area contributed by atoms with Gasteiger partial charge in [-0.3, -0.25) is 4.90 Å². The number of ether oxygens (including phenoxy) is 2. The Labute approximate surface area is 155 Å². The summed E-state index contributed by atoms with van der Waals surface area (Å²) in [7, 11) is 3.41. The molecule has 1 N–H and O–H groups in total. The average molecular weight is 353 g/mol. The van der Waals surface area contributed by atoms with Crippen molar-refractivity contribution in [3.8, 4) is 11.5 Å². The summed E-state index contributed by atoms with van der Waals surface area (Å²) in [5.74, 6) is 1.74. The molecule has 2 bridgehead atoms. The number of benzene rings is 2. The maximum absolute atomic E-state index is 11.3. The van der Waals surface area contributed by atoms with Gasteiger partial charge in [0.25, 0.3) is 0 Å². The van der Waals surface area contributed by atoms with Crippen LogP contribution in [-0.4, -0.2) is 36.3 Å². The van der Waals surface area contributed by atoms with Crippen molar-refractivity contribution in [3.63, 3.8) is 0 Å². The Morgan fingerprint density at radius 3 is 2.04 bits per heavy atom. The number of aliphatic hydroxyl groups is 1.